The fraction of sp³-hybridized carbons (Fsp3) is 0.778. The summed E-state index contributed by atoms with van der Waals surface area (Å²) < 4.78 is 4.80. The summed E-state index contributed by atoms with van der Waals surface area (Å²) in [6, 6.07) is 0. The first-order valence-electron chi connectivity index (χ1n) is 4.87. The molecule has 0 bridgehead atoms. The second kappa shape index (κ2) is 9.42. The van der Waals surface area contributed by atoms with Gasteiger partial charge in [0, 0.05) is 33.7 Å². The van der Waals surface area contributed by atoms with E-state index in [9.17, 15) is 9.59 Å². The predicted molar refractivity (Wildman–Crippen MR) is 56.4 cm³/mol. The molecule has 88 valence electrons. The summed E-state index contributed by atoms with van der Waals surface area (Å²) in [5, 5.41) is 8.00. The molecule has 0 rings (SSSR count). The first-order valence-corrected chi connectivity index (χ1v) is 4.87. The lowest BCUT2D eigenvalue weighted by molar-refractivity contribution is -0.121. The molecule has 0 aromatic rings. The molecule has 0 heterocycles. The van der Waals surface area contributed by atoms with E-state index in [0.717, 1.165) is 0 Å². The van der Waals surface area contributed by atoms with Gasteiger partial charge in [-0.15, -0.1) is 0 Å². The van der Waals surface area contributed by atoms with Crippen molar-refractivity contribution in [2.75, 3.05) is 40.4 Å². The van der Waals surface area contributed by atoms with Crippen molar-refractivity contribution >= 4 is 11.8 Å². The maximum atomic E-state index is 11.1. The van der Waals surface area contributed by atoms with Crippen molar-refractivity contribution < 1.29 is 14.3 Å². The van der Waals surface area contributed by atoms with E-state index in [1.165, 1.54) is 0 Å². The van der Waals surface area contributed by atoms with Gasteiger partial charge in [-0.2, -0.15) is 0 Å². The zero-order valence-corrected chi connectivity index (χ0v) is 9.26. The molecule has 15 heavy (non-hydrogen) atoms. The van der Waals surface area contributed by atoms with Crippen LogP contribution in [0.25, 0.3) is 0 Å². The number of hydrogen-bond acceptors (Lipinski definition) is 4. The SMILES string of the molecule is CNC(=O)CCNC(=O)CNCCOC. The summed E-state index contributed by atoms with van der Waals surface area (Å²) in [7, 11) is 3.17. The molecule has 0 saturated carbocycles. The van der Waals surface area contributed by atoms with Crippen LogP contribution in [0.3, 0.4) is 0 Å². The summed E-state index contributed by atoms with van der Waals surface area (Å²) in [6.07, 6.45) is 0.306. The van der Waals surface area contributed by atoms with Gasteiger partial charge in [0.1, 0.15) is 0 Å². The first kappa shape index (κ1) is 13.9. The van der Waals surface area contributed by atoms with Crippen LogP contribution in [0.2, 0.25) is 0 Å². The minimum atomic E-state index is -0.116. The molecule has 0 atom stereocenters. The number of rotatable bonds is 8. The van der Waals surface area contributed by atoms with Crippen molar-refractivity contribution in [1.29, 1.82) is 0 Å². The number of nitrogens with one attached hydrogen (secondary N) is 3. The van der Waals surface area contributed by atoms with E-state index in [4.69, 9.17) is 4.74 Å². The Morgan fingerprint density at radius 2 is 1.93 bits per heavy atom. The maximum absolute atomic E-state index is 11.1. The molecule has 0 unspecified atom stereocenters. The lowest BCUT2D eigenvalue weighted by Crippen LogP contribution is -2.36. The minimum absolute atomic E-state index is 0.0809. The van der Waals surface area contributed by atoms with Crippen LogP contribution in [0.5, 0.6) is 0 Å². The van der Waals surface area contributed by atoms with Crippen LogP contribution < -0.4 is 16.0 Å². The molecule has 0 radical (unpaired) electrons. The Kier molecular flexibility index (Phi) is 8.70. The molecule has 0 aliphatic carbocycles. The summed E-state index contributed by atoms with van der Waals surface area (Å²) in [5.41, 5.74) is 0. The van der Waals surface area contributed by atoms with Crippen LogP contribution >= 0.6 is 0 Å². The van der Waals surface area contributed by atoms with E-state index in [1.54, 1.807) is 14.2 Å². The summed E-state index contributed by atoms with van der Waals surface area (Å²) >= 11 is 0. The molecule has 0 spiro atoms. The minimum Gasteiger partial charge on any atom is -0.383 e. The fourth-order valence-electron chi connectivity index (χ4n) is 0.879. The van der Waals surface area contributed by atoms with Gasteiger partial charge in [0.25, 0.3) is 0 Å². The van der Waals surface area contributed by atoms with Gasteiger partial charge in [-0.1, -0.05) is 0 Å². The van der Waals surface area contributed by atoms with Crippen molar-refractivity contribution in [3.63, 3.8) is 0 Å². The van der Waals surface area contributed by atoms with Gasteiger partial charge >= 0.3 is 0 Å². The highest BCUT2D eigenvalue weighted by atomic mass is 16.5. The van der Waals surface area contributed by atoms with E-state index in [-0.39, 0.29) is 18.4 Å². The maximum Gasteiger partial charge on any atom is 0.233 e. The van der Waals surface area contributed by atoms with Gasteiger partial charge in [-0.3, -0.25) is 9.59 Å². The monoisotopic (exact) mass is 217 g/mol. The number of ether oxygens (including phenoxy) is 1. The Morgan fingerprint density at radius 3 is 2.53 bits per heavy atom. The number of hydrogen-bond donors (Lipinski definition) is 3. The standard InChI is InChI=1S/C9H19N3O3/c1-10-8(13)3-4-12-9(14)7-11-5-6-15-2/h11H,3-7H2,1-2H3,(H,10,13)(H,12,14). The molecular weight excluding hydrogens is 198 g/mol. The topological polar surface area (TPSA) is 79.5 Å². The predicted octanol–water partition coefficient (Wildman–Crippen LogP) is -1.53. The number of methoxy groups -OCH3 is 1. The summed E-state index contributed by atoms with van der Waals surface area (Å²) in [4.78, 5) is 21.9. The summed E-state index contributed by atoms with van der Waals surface area (Å²) in [5.74, 6) is -0.197. The third-order valence-electron chi connectivity index (χ3n) is 1.72. The molecule has 6 nitrogen and oxygen atoms in total. The van der Waals surface area contributed by atoms with Crippen molar-refractivity contribution in [2.45, 2.75) is 6.42 Å². The van der Waals surface area contributed by atoms with E-state index in [2.05, 4.69) is 16.0 Å². The zero-order valence-electron chi connectivity index (χ0n) is 9.26. The van der Waals surface area contributed by atoms with Gasteiger partial charge in [-0.25, -0.2) is 0 Å². The Morgan fingerprint density at radius 1 is 1.20 bits per heavy atom. The lowest BCUT2D eigenvalue weighted by atomic mass is 10.4. The zero-order chi connectivity index (χ0) is 11.5. The third-order valence-corrected chi connectivity index (χ3v) is 1.72. The highest BCUT2D eigenvalue weighted by Gasteiger charge is 2.01. The second-order valence-corrected chi connectivity index (χ2v) is 2.94. The molecule has 0 aliphatic rings. The highest BCUT2D eigenvalue weighted by molar-refractivity contribution is 5.79. The molecular formula is C9H19N3O3. The van der Waals surface area contributed by atoms with Gasteiger partial charge in [0.05, 0.1) is 13.2 Å². The van der Waals surface area contributed by atoms with Crippen molar-refractivity contribution in [3.8, 4) is 0 Å². The van der Waals surface area contributed by atoms with Gasteiger partial charge < -0.3 is 20.7 Å². The Balaban J connectivity index is 3.29. The quantitative estimate of drug-likeness (QED) is 0.431. The largest absolute Gasteiger partial charge is 0.383 e. The molecule has 0 aromatic heterocycles. The van der Waals surface area contributed by atoms with Crippen LogP contribution in [-0.2, 0) is 14.3 Å². The average molecular weight is 217 g/mol. The van der Waals surface area contributed by atoms with Gasteiger partial charge in [-0.05, 0) is 0 Å². The van der Waals surface area contributed by atoms with Crippen LogP contribution in [0.4, 0.5) is 0 Å². The molecule has 2 amide bonds. The van der Waals surface area contributed by atoms with E-state index >= 15 is 0 Å². The fourth-order valence-corrected chi connectivity index (χ4v) is 0.879. The molecule has 6 heteroatoms. The second-order valence-electron chi connectivity index (χ2n) is 2.94. The van der Waals surface area contributed by atoms with Crippen LogP contribution in [0, 0.1) is 0 Å². The smallest absolute Gasteiger partial charge is 0.233 e. The number of carbonyl (C=O) groups is 2. The van der Waals surface area contributed by atoms with Crippen molar-refractivity contribution in [3.05, 3.63) is 0 Å². The lowest BCUT2D eigenvalue weighted by Gasteiger charge is -2.05. The van der Waals surface area contributed by atoms with Gasteiger partial charge in [0.2, 0.25) is 11.8 Å². The first-order chi connectivity index (χ1) is 7.20. The molecule has 0 aromatic carbocycles. The molecule has 3 N–H and O–H groups in total. The Hall–Kier alpha value is -1.14. The number of amides is 2. The molecule has 0 saturated heterocycles. The average Bonchev–Trinajstić information content (AvgIpc) is 2.24. The third kappa shape index (κ3) is 9.17. The number of carbonyl (C=O) groups excluding carboxylic acids is 2. The van der Waals surface area contributed by atoms with Crippen LogP contribution in [0.15, 0.2) is 0 Å². The van der Waals surface area contributed by atoms with Crippen molar-refractivity contribution in [2.24, 2.45) is 0 Å². The molecule has 0 aliphatic heterocycles. The summed E-state index contributed by atoms with van der Waals surface area (Å²) in [6.45, 7) is 1.83. The van der Waals surface area contributed by atoms with Crippen LogP contribution in [0.1, 0.15) is 6.42 Å². The van der Waals surface area contributed by atoms with Gasteiger partial charge in [0.15, 0.2) is 0 Å². The normalized spacial score (nSPS) is 9.73. The van der Waals surface area contributed by atoms with E-state index in [1.807, 2.05) is 0 Å². The van der Waals surface area contributed by atoms with Crippen molar-refractivity contribution in [1.82, 2.24) is 16.0 Å². The Bertz CT molecular complexity index is 197. The van der Waals surface area contributed by atoms with Crippen LogP contribution in [-0.4, -0.2) is 52.2 Å². The molecule has 0 fully saturated rings. The van der Waals surface area contributed by atoms with E-state index in [0.29, 0.717) is 26.1 Å². The highest BCUT2D eigenvalue weighted by Crippen LogP contribution is 1.75. The Labute approximate surface area is 89.7 Å². The van der Waals surface area contributed by atoms with E-state index < -0.39 is 0 Å².